The summed E-state index contributed by atoms with van der Waals surface area (Å²) < 4.78 is 0.810. The Labute approximate surface area is 116 Å². The van der Waals surface area contributed by atoms with E-state index in [1.165, 1.54) is 6.21 Å². The van der Waals surface area contributed by atoms with E-state index in [-0.39, 0.29) is 0 Å². The third-order valence-corrected chi connectivity index (χ3v) is 3.27. The molecule has 2 aromatic carbocycles. The van der Waals surface area contributed by atoms with Crippen LogP contribution in [0.5, 0.6) is 0 Å². The van der Waals surface area contributed by atoms with Gasteiger partial charge in [-0.15, -0.1) is 0 Å². The molecule has 0 fully saturated rings. The van der Waals surface area contributed by atoms with Crippen LogP contribution < -0.4 is 0 Å². The third-order valence-electron chi connectivity index (χ3n) is 2.61. The van der Waals surface area contributed by atoms with Crippen molar-refractivity contribution in [3.05, 3.63) is 68.8 Å². The number of hydrogen-bond donors (Lipinski definition) is 0. The second-order valence-corrected chi connectivity index (χ2v) is 4.73. The highest BCUT2D eigenvalue weighted by molar-refractivity contribution is 6.31. The maximum absolute atomic E-state index is 12.0. The van der Waals surface area contributed by atoms with Crippen LogP contribution in [0, 0.1) is 12.1 Å². The summed E-state index contributed by atoms with van der Waals surface area (Å²) in [5, 5.41) is 13.3. The monoisotopic (exact) mass is 279 g/mol. The van der Waals surface area contributed by atoms with Crippen molar-refractivity contribution in [3.63, 3.8) is 0 Å². The van der Waals surface area contributed by atoms with Gasteiger partial charge in [0.05, 0.1) is 5.02 Å². The molecule has 18 heavy (non-hydrogen) atoms. The van der Waals surface area contributed by atoms with E-state index in [0.717, 1.165) is 15.9 Å². The Hall–Kier alpha value is -1.51. The van der Waals surface area contributed by atoms with Gasteiger partial charge in [-0.1, -0.05) is 29.3 Å². The molecule has 0 radical (unpaired) electrons. The van der Waals surface area contributed by atoms with E-state index in [2.05, 4.69) is 0 Å². The van der Waals surface area contributed by atoms with E-state index in [1.54, 1.807) is 42.5 Å². The van der Waals surface area contributed by atoms with Crippen molar-refractivity contribution in [2.24, 2.45) is 0 Å². The maximum Gasteiger partial charge on any atom is 0.220 e. The molecule has 0 aliphatic carbocycles. The lowest BCUT2D eigenvalue weighted by Crippen LogP contribution is -2.00. The fraction of sp³-hybridized carbons (Fsp3) is 0.0714. The molecule has 0 saturated carbocycles. The largest absolute Gasteiger partial charge is 0.618 e. The Morgan fingerprint density at radius 1 is 1.06 bits per heavy atom. The third kappa shape index (κ3) is 2.84. The highest BCUT2D eigenvalue weighted by Crippen LogP contribution is 2.24. The molecule has 0 aromatic heterocycles. The van der Waals surface area contributed by atoms with Gasteiger partial charge in [-0.3, -0.25) is 0 Å². The van der Waals surface area contributed by atoms with Gasteiger partial charge in [0.15, 0.2) is 6.21 Å². The molecule has 2 nitrogen and oxygen atoms in total. The van der Waals surface area contributed by atoms with Gasteiger partial charge < -0.3 is 5.21 Å². The van der Waals surface area contributed by atoms with Gasteiger partial charge >= 0.3 is 0 Å². The number of benzene rings is 2. The van der Waals surface area contributed by atoms with Crippen molar-refractivity contribution >= 4 is 35.1 Å². The van der Waals surface area contributed by atoms with Gasteiger partial charge in [-0.25, -0.2) is 0 Å². The Balaban J connectivity index is 2.39. The van der Waals surface area contributed by atoms with Gasteiger partial charge in [0.2, 0.25) is 5.69 Å². The lowest BCUT2D eigenvalue weighted by Gasteiger charge is -2.07. The molecule has 0 spiro atoms. The molecule has 0 aliphatic rings. The van der Waals surface area contributed by atoms with E-state index >= 15 is 0 Å². The SMILES string of the molecule is Cc1c(Cl)cccc1[N+]([O-])=Cc1ccc(Cl)cc1. The summed E-state index contributed by atoms with van der Waals surface area (Å²) in [6.45, 7) is 1.82. The van der Waals surface area contributed by atoms with Crippen LogP contribution in [0.25, 0.3) is 0 Å². The number of hydrogen-bond acceptors (Lipinski definition) is 1. The number of halogens is 2. The number of rotatable bonds is 2. The molecule has 2 rings (SSSR count). The molecule has 4 heteroatoms. The lowest BCUT2D eigenvalue weighted by atomic mass is 10.2. The minimum absolute atomic E-state index is 0.539. The van der Waals surface area contributed by atoms with Crippen molar-refractivity contribution in [2.45, 2.75) is 6.92 Å². The first-order valence-corrected chi connectivity index (χ1v) is 6.15. The summed E-state index contributed by atoms with van der Waals surface area (Å²) in [4.78, 5) is 0. The average molecular weight is 280 g/mol. The minimum atomic E-state index is 0.539. The Morgan fingerprint density at radius 2 is 1.72 bits per heavy atom. The first-order valence-electron chi connectivity index (χ1n) is 5.40. The predicted octanol–water partition coefficient (Wildman–Crippen LogP) is 4.56. The fourth-order valence-electron chi connectivity index (χ4n) is 1.59. The van der Waals surface area contributed by atoms with Crippen LogP contribution in [-0.2, 0) is 0 Å². The van der Waals surface area contributed by atoms with E-state index in [9.17, 15) is 5.21 Å². The minimum Gasteiger partial charge on any atom is -0.618 e. The normalized spacial score (nSPS) is 11.6. The molecule has 2 aromatic rings. The molecular formula is C14H11Cl2NO. The van der Waals surface area contributed by atoms with Crippen LogP contribution in [0.2, 0.25) is 10.0 Å². The lowest BCUT2D eigenvalue weighted by molar-refractivity contribution is -0.355. The van der Waals surface area contributed by atoms with Crippen molar-refractivity contribution in [3.8, 4) is 0 Å². The molecule has 0 aliphatic heterocycles. The molecule has 0 saturated heterocycles. The molecule has 0 bridgehead atoms. The van der Waals surface area contributed by atoms with E-state index in [0.29, 0.717) is 15.7 Å². The quantitative estimate of drug-likeness (QED) is 0.342. The van der Waals surface area contributed by atoms with Crippen molar-refractivity contribution < 1.29 is 4.74 Å². The van der Waals surface area contributed by atoms with Gasteiger partial charge in [0, 0.05) is 22.2 Å². The number of nitrogens with zero attached hydrogens (tertiary/aromatic N) is 1. The topological polar surface area (TPSA) is 26.1 Å². The van der Waals surface area contributed by atoms with Crippen molar-refractivity contribution in [1.82, 2.24) is 0 Å². The zero-order valence-corrected chi connectivity index (χ0v) is 11.2. The van der Waals surface area contributed by atoms with E-state index in [4.69, 9.17) is 23.2 Å². The predicted molar refractivity (Wildman–Crippen MR) is 76.1 cm³/mol. The standard InChI is InChI=1S/C14H11Cl2NO/c1-10-13(16)3-2-4-14(10)17(18)9-11-5-7-12(15)8-6-11/h2-9H,1H3. The molecule has 92 valence electrons. The summed E-state index contributed by atoms with van der Waals surface area (Å²) in [6, 6.07) is 12.3. The average Bonchev–Trinajstić information content (AvgIpc) is 2.35. The van der Waals surface area contributed by atoms with E-state index in [1.807, 2.05) is 6.92 Å². The summed E-state index contributed by atoms with van der Waals surface area (Å²) in [5.74, 6) is 0. The Morgan fingerprint density at radius 3 is 2.39 bits per heavy atom. The summed E-state index contributed by atoms with van der Waals surface area (Å²) >= 11 is 11.8. The van der Waals surface area contributed by atoms with Crippen molar-refractivity contribution in [1.29, 1.82) is 0 Å². The van der Waals surface area contributed by atoms with Crippen LogP contribution in [0.15, 0.2) is 42.5 Å². The maximum atomic E-state index is 12.0. The Bertz CT molecular complexity index is 591. The van der Waals surface area contributed by atoms with Crippen LogP contribution in [0.1, 0.15) is 11.1 Å². The summed E-state index contributed by atoms with van der Waals surface area (Å²) in [7, 11) is 0. The molecule has 0 amide bonds. The fourth-order valence-corrected chi connectivity index (χ4v) is 1.88. The van der Waals surface area contributed by atoms with Gasteiger partial charge in [0.1, 0.15) is 0 Å². The zero-order chi connectivity index (χ0) is 13.1. The summed E-state index contributed by atoms with van der Waals surface area (Å²) in [5.41, 5.74) is 2.09. The highest BCUT2D eigenvalue weighted by Gasteiger charge is 2.09. The van der Waals surface area contributed by atoms with E-state index < -0.39 is 0 Å². The molecule has 0 heterocycles. The first-order chi connectivity index (χ1) is 8.58. The van der Waals surface area contributed by atoms with Gasteiger partial charge in [-0.05, 0) is 37.3 Å². The molecule has 0 N–H and O–H groups in total. The second-order valence-electron chi connectivity index (χ2n) is 3.89. The van der Waals surface area contributed by atoms with Crippen LogP contribution in [-0.4, -0.2) is 11.0 Å². The molecular weight excluding hydrogens is 269 g/mol. The summed E-state index contributed by atoms with van der Waals surface area (Å²) in [6.07, 6.45) is 1.50. The van der Waals surface area contributed by atoms with Gasteiger partial charge in [-0.2, -0.15) is 4.74 Å². The first kappa shape index (κ1) is 12.9. The van der Waals surface area contributed by atoms with Crippen LogP contribution in [0.4, 0.5) is 5.69 Å². The van der Waals surface area contributed by atoms with Crippen LogP contribution >= 0.6 is 23.2 Å². The smallest absolute Gasteiger partial charge is 0.220 e. The van der Waals surface area contributed by atoms with Crippen LogP contribution in [0.3, 0.4) is 0 Å². The van der Waals surface area contributed by atoms with Crippen molar-refractivity contribution in [2.75, 3.05) is 0 Å². The van der Waals surface area contributed by atoms with Gasteiger partial charge in [0.25, 0.3) is 0 Å². The highest BCUT2D eigenvalue weighted by atomic mass is 35.5. The molecule has 0 atom stereocenters. The second kappa shape index (κ2) is 5.42. The zero-order valence-electron chi connectivity index (χ0n) is 9.73. The Kier molecular flexibility index (Phi) is 3.90. The molecule has 0 unspecified atom stereocenters.